The Kier molecular flexibility index (Phi) is 3.87. The molecule has 2 unspecified atom stereocenters. The Morgan fingerprint density at radius 2 is 2.21 bits per heavy atom. The molecule has 0 spiro atoms. The van der Waals surface area contributed by atoms with E-state index in [9.17, 15) is 4.79 Å². The first-order valence-corrected chi connectivity index (χ1v) is 6.60. The highest BCUT2D eigenvalue weighted by Gasteiger charge is 2.29. The minimum Gasteiger partial charge on any atom is -0.373 e. The van der Waals surface area contributed by atoms with Gasteiger partial charge in [-0.05, 0) is 26.7 Å². The standard InChI is InChI=1S/C13H21N5O/c1-8-4-5-10(13(14)19)7-18(8)12-6-11(15-3)16-9(2)17-12/h6,8,10H,4-5,7H2,1-3H3,(H2,14,19)(H,15,16,17). The number of aryl methyl sites for hydroxylation is 1. The fourth-order valence-electron chi connectivity index (χ4n) is 2.49. The van der Waals surface area contributed by atoms with Crippen LogP contribution in [0.5, 0.6) is 0 Å². The molecule has 1 aliphatic heterocycles. The summed E-state index contributed by atoms with van der Waals surface area (Å²) in [7, 11) is 1.83. The van der Waals surface area contributed by atoms with Crippen LogP contribution in [0.2, 0.25) is 0 Å². The predicted octanol–water partition coefficient (Wildman–Crippen LogP) is 0.917. The summed E-state index contributed by atoms with van der Waals surface area (Å²) in [5.41, 5.74) is 5.43. The number of piperidine rings is 1. The van der Waals surface area contributed by atoms with Crippen molar-refractivity contribution < 1.29 is 4.79 Å². The summed E-state index contributed by atoms with van der Waals surface area (Å²) in [6.07, 6.45) is 1.81. The second kappa shape index (κ2) is 5.42. The number of nitrogens with one attached hydrogen (secondary N) is 1. The molecule has 1 aliphatic rings. The first-order valence-electron chi connectivity index (χ1n) is 6.60. The highest BCUT2D eigenvalue weighted by atomic mass is 16.1. The molecule has 1 aromatic heterocycles. The van der Waals surface area contributed by atoms with Crippen molar-refractivity contribution in [2.75, 3.05) is 23.8 Å². The first-order chi connectivity index (χ1) is 9.01. The van der Waals surface area contributed by atoms with Gasteiger partial charge in [-0.25, -0.2) is 9.97 Å². The topological polar surface area (TPSA) is 84.1 Å². The van der Waals surface area contributed by atoms with Gasteiger partial charge in [0.2, 0.25) is 5.91 Å². The zero-order valence-electron chi connectivity index (χ0n) is 11.7. The van der Waals surface area contributed by atoms with Crippen molar-refractivity contribution in [2.45, 2.75) is 32.7 Å². The number of primary amides is 1. The maximum absolute atomic E-state index is 11.4. The lowest BCUT2D eigenvalue weighted by molar-refractivity contribution is -0.122. The molecule has 0 aliphatic carbocycles. The molecular weight excluding hydrogens is 242 g/mol. The van der Waals surface area contributed by atoms with E-state index in [4.69, 9.17) is 5.73 Å². The molecule has 0 radical (unpaired) electrons. The van der Waals surface area contributed by atoms with Crippen molar-refractivity contribution in [3.8, 4) is 0 Å². The maximum atomic E-state index is 11.4. The SMILES string of the molecule is CNc1cc(N2CC(C(N)=O)CCC2C)nc(C)n1. The smallest absolute Gasteiger partial charge is 0.222 e. The predicted molar refractivity (Wildman–Crippen MR) is 75.0 cm³/mol. The molecule has 1 amide bonds. The Morgan fingerprint density at radius 3 is 2.84 bits per heavy atom. The Bertz CT molecular complexity index is 476. The van der Waals surface area contributed by atoms with Gasteiger partial charge in [-0.15, -0.1) is 0 Å². The van der Waals surface area contributed by atoms with Crippen LogP contribution in [-0.4, -0.2) is 35.5 Å². The fourth-order valence-corrected chi connectivity index (χ4v) is 2.49. The number of rotatable bonds is 3. The van der Waals surface area contributed by atoms with E-state index < -0.39 is 0 Å². The number of hydrogen-bond acceptors (Lipinski definition) is 5. The van der Waals surface area contributed by atoms with Crippen LogP contribution < -0.4 is 16.0 Å². The number of aromatic nitrogens is 2. The fraction of sp³-hybridized carbons (Fsp3) is 0.615. The zero-order chi connectivity index (χ0) is 14.0. The monoisotopic (exact) mass is 263 g/mol. The molecule has 1 aromatic rings. The van der Waals surface area contributed by atoms with E-state index in [1.54, 1.807) is 0 Å². The molecule has 0 saturated carbocycles. The number of carbonyl (C=O) groups excluding carboxylic acids is 1. The van der Waals surface area contributed by atoms with Crippen molar-refractivity contribution in [2.24, 2.45) is 11.7 Å². The summed E-state index contributed by atoms with van der Waals surface area (Å²) < 4.78 is 0. The molecule has 0 bridgehead atoms. The van der Waals surface area contributed by atoms with E-state index in [0.29, 0.717) is 12.6 Å². The largest absolute Gasteiger partial charge is 0.373 e. The molecule has 2 rings (SSSR count). The number of nitrogens with zero attached hydrogens (tertiary/aromatic N) is 3. The second-order valence-electron chi connectivity index (χ2n) is 5.09. The Hall–Kier alpha value is -1.85. The summed E-state index contributed by atoms with van der Waals surface area (Å²) in [5.74, 6) is 2.04. The van der Waals surface area contributed by atoms with Crippen molar-refractivity contribution in [3.05, 3.63) is 11.9 Å². The zero-order valence-corrected chi connectivity index (χ0v) is 11.7. The van der Waals surface area contributed by atoms with E-state index in [1.807, 2.05) is 20.0 Å². The molecule has 19 heavy (non-hydrogen) atoms. The normalized spacial score (nSPS) is 23.2. The molecule has 1 saturated heterocycles. The van der Waals surface area contributed by atoms with Crippen LogP contribution in [0.3, 0.4) is 0 Å². The van der Waals surface area contributed by atoms with E-state index >= 15 is 0 Å². The van der Waals surface area contributed by atoms with Gasteiger partial charge < -0.3 is 16.0 Å². The lowest BCUT2D eigenvalue weighted by Crippen LogP contribution is -2.46. The highest BCUT2D eigenvalue weighted by molar-refractivity contribution is 5.77. The Balaban J connectivity index is 2.27. The van der Waals surface area contributed by atoms with Gasteiger partial charge in [-0.3, -0.25) is 4.79 Å². The van der Waals surface area contributed by atoms with E-state index in [1.165, 1.54) is 0 Å². The summed E-state index contributed by atoms with van der Waals surface area (Å²) in [5, 5.41) is 3.03. The van der Waals surface area contributed by atoms with Gasteiger partial charge >= 0.3 is 0 Å². The van der Waals surface area contributed by atoms with E-state index in [0.717, 1.165) is 30.3 Å². The van der Waals surface area contributed by atoms with Gasteiger partial charge in [0.1, 0.15) is 17.5 Å². The third kappa shape index (κ3) is 2.94. The lowest BCUT2D eigenvalue weighted by Gasteiger charge is -2.37. The molecule has 2 heterocycles. The third-order valence-corrected chi connectivity index (χ3v) is 3.66. The van der Waals surface area contributed by atoms with Crippen LogP contribution in [0.1, 0.15) is 25.6 Å². The first kappa shape index (κ1) is 13.6. The van der Waals surface area contributed by atoms with Gasteiger partial charge in [0.05, 0.1) is 5.92 Å². The van der Waals surface area contributed by atoms with Crippen LogP contribution in [0.15, 0.2) is 6.07 Å². The number of carbonyl (C=O) groups is 1. The maximum Gasteiger partial charge on any atom is 0.222 e. The van der Waals surface area contributed by atoms with Crippen molar-refractivity contribution >= 4 is 17.5 Å². The summed E-state index contributed by atoms with van der Waals surface area (Å²) in [4.78, 5) is 22.3. The quantitative estimate of drug-likeness (QED) is 0.847. The minimum absolute atomic E-state index is 0.0930. The molecule has 6 heteroatoms. The third-order valence-electron chi connectivity index (χ3n) is 3.66. The molecular formula is C13H21N5O. The lowest BCUT2D eigenvalue weighted by atomic mass is 9.93. The molecule has 2 atom stereocenters. The summed E-state index contributed by atoms with van der Waals surface area (Å²) in [6, 6.07) is 2.27. The average Bonchev–Trinajstić information content (AvgIpc) is 2.38. The van der Waals surface area contributed by atoms with E-state index in [2.05, 4.69) is 27.1 Å². The van der Waals surface area contributed by atoms with Crippen LogP contribution in [0.4, 0.5) is 11.6 Å². The van der Waals surface area contributed by atoms with Crippen molar-refractivity contribution in [1.29, 1.82) is 0 Å². The molecule has 3 N–H and O–H groups in total. The number of amides is 1. The van der Waals surface area contributed by atoms with Gasteiger partial charge in [0.25, 0.3) is 0 Å². The second-order valence-corrected chi connectivity index (χ2v) is 5.09. The van der Waals surface area contributed by atoms with Gasteiger partial charge in [0.15, 0.2) is 0 Å². The summed E-state index contributed by atoms with van der Waals surface area (Å²) in [6.45, 7) is 4.65. The molecule has 6 nitrogen and oxygen atoms in total. The number of anilines is 2. The van der Waals surface area contributed by atoms with Crippen LogP contribution >= 0.6 is 0 Å². The van der Waals surface area contributed by atoms with E-state index in [-0.39, 0.29) is 11.8 Å². The minimum atomic E-state index is -0.225. The average molecular weight is 263 g/mol. The van der Waals surface area contributed by atoms with Crippen LogP contribution in [-0.2, 0) is 4.79 Å². The highest BCUT2D eigenvalue weighted by Crippen LogP contribution is 2.27. The number of hydrogen-bond donors (Lipinski definition) is 2. The Labute approximate surface area is 113 Å². The van der Waals surface area contributed by atoms with Gasteiger partial charge in [-0.1, -0.05) is 0 Å². The Morgan fingerprint density at radius 1 is 1.47 bits per heavy atom. The van der Waals surface area contributed by atoms with Crippen LogP contribution in [0, 0.1) is 12.8 Å². The molecule has 1 fully saturated rings. The number of nitrogens with two attached hydrogens (primary N) is 1. The van der Waals surface area contributed by atoms with Crippen molar-refractivity contribution in [1.82, 2.24) is 9.97 Å². The molecule has 104 valence electrons. The van der Waals surface area contributed by atoms with Gasteiger partial charge in [-0.2, -0.15) is 0 Å². The van der Waals surface area contributed by atoms with Gasteiger partial charge in [0, 0.05) is 25.7 Å². The van der Waals surface area contributed by atoms with Crippen LogP contribution in [0.25, 0.3) is 0 Å². The molecule has 0 aromatic carbocycles. The summed E-state index contributed by atoms with van der Waals surface area (Å²) >= 11 is 0. The van der Waals surface area contributed by atoms with Crippen molar-refractivity contribution in [3.63, 3.8) is 0 Å².